The Bertz CT molecular complexity index is 689. The first kappa shape index (κ1) is 16.3. The normalized spacial score (nSPS) is 18.7. The second-order valence-corrected chi connectivity index (χ2v) is 5.52. The number of aryl methyl sites for hydroxylation is 1. The minimum Gasteiger partial charge on any atom is -0.417 e. The smallest absolute Gasteiger partial charge is 0.388 e. The summed E-state index contributed by atoms with van der Waals surface area (Å²) in [5.74, 6) is -0.101. The van der Waals surface area contributed by atoms with Crippen molar-refractivity contribution in [2.24, 2.45) is 7.05 Å². The van der Waals surface area contributed by atoms with Gasteiger partial charge in [-0.3, -0.25) is 4.79 Å². The molecule has 0 saturated carbocycles. The number of amides is 1. The van der Waals surface area contributed by atoms with Crippen molar-refractivity contribution < 1.29 is 22.8 Å². The molecule has 1 unspecified atom stereocenters. The molecule has 2 aromatic rings. The molecule has 1 atom stereocenters. The predicted octanol–water partition coefficient (Wildman–Crippen LogP) is 2.16. The average molecular weight is 341 g/mol. The van der Waals surface area contributed by atoms with Crippen molar-refractivity contribution >= 4 is 5.91 Å². The number of aromatic nitrogens is 4. The number of rotatable bonds is 4. The summed E-state index contributed by atoms with van der Waals surface area (Å²) < 4.78 is 35.0. The molecular weight excluding hydrogens is 324 g/mol. The van der Waals surface area contributed by atoms with Crippen LogP contribution in [0.15, 0.2) is 17.0 Å². The van der Waals surface area contributed by atoms with E-state index >= 15 is 0 Å². The van der Waals surface area contributed by atoms with Gasteiger partial charge in [0.15, 0.2) is 11.5 Å². The SMILES string of the molecule is Cn1nc(C(=O)N2CCCCCC2c2ncon2)cc1OC(F)F. The van der Waals surface area contributed by atoms with Gasteiger partial charge in [-0.1, -0.05) is 18.0 Å². The van der Waals surface area contributed by atoms with Gasteiger partial charge < -0.3 is 14.2 Å². The molecule has 0 N–H and O–H groups in total. The van der Waals surface area contributed by atoms with Crippen LogP contribution in [0.4, 0.5) is 8.78 Å². The molecule has 0 radical (unpaired) electrons. The van der Waals surface area contributed by atoms with Crippen molar-refractivity contribution in [3.05, 3.63) is 24.0 Å². The van der Waals surface area contributed by atoms with Crippen molar-refractivity contribution in [3.63, 3.8) is 0 Å². The fourth-order valence-corrected chi connectivity index (χ4v) is 2.85. The fraction of sp³-hybridized carbons (Fsp3) is 0.571. The molecule has 1 aliphatic heterocycles. The van der Waals surface area contributed by atoms with Gasteiger partial charge in [-0.05, 0) is 12.8 Å². The van der Waals surface area contributed by atoms with Crippen LogP contribution < -0.4 is 4.74 Å². The molecule has 8 nitrogen and oxygen atoms in total. The first-order chi connectivity index (χ1) is 11.6. The molecule has 0 aromatic carbocycles. The summed E-state index contributed by atoms with van der Waals surface area (Å²) in [6.07, 6.45) is 4.69. The van der Waals surface area contributed by atoms with E-state index in [1.807, 2.05) is 0 Å². The number of nitrogens with zero attached hydrogens (tertiary/aromatic N) is 5. The van der Waals surface area contributed by atoms with Crippen molar-refractivity contribution in [2.75, 3.05) is 6.54 Å². The number of alkyl halides is 2. The van der Waals surface area contributed by atoms with Crippen LogP contribution in [0.25, 0.3) is 0 Å². The number of ether oxygens (including phenoxy) is 1. The molecule has 130 valence electrons. The minimum atomic E-state index is -2.98. The number of carbonyl (C=O) groups excluding carboxylic acids is 1. The van der Waals surface area contributed by atoms with Crippen LogP contribution in [0, 0.1) is 0 Å². The Labute approximate surface area is 136 Å². The molecule has 2 aromatic heterocycles. The summed E-state index contributed by atoms with van der Waals surface area (Å²) in [4.78, 5) is 18.5. The zero-order valence-corrected chi connectivity index (χ0v) is 13.1. The minimum absolute atomic E-state index is 0.0449. The van der Waals surface area contributed by atoms with Gasteiger partial charge in [-0.25, -0.2) is 4.68 Å². The Morgan fingerprint density at radius 1 is 1.42 bits per heavy atom. The summed E-state index contributed by atoms with van der Waals surface area (Å²) in [6, 6.07) is 0.896. The highest BCUT2D eigenvalue weighted by molar-refractivity contribution is 5.93. The third-order valence-corrected chi connectivity index (χ3v) is 3.96. The lowest BCUT2D eigenvalue weighted by Gasteiger charge is -2.26. The number of hydrogen-bond donors (Lipinski definition) is 0. The second-order valence-electron chi connectivity index (χ2n) is 5.52. The summed E-state index contributed by atoms with van der Waals surface area (Å²) >= 11 is 0. The lowest BCUT2D eigenvalue weighted by molar-refractivity contribution is -0.0553. The van der Waals surface area contributed by atoms with Crippen LogP contribution in [0.1, 0.15) is 48.0 Å². The van der Waals surface area contributed by atoms with E-state index in [1.54, 1.807) is 4.90 Å². The zero-order chi connectivity index (χ0) is 17.1. The third-order valence-electron chi connectivity index (χ3n) is 3.96. The molecule has 0 bridgehead atoms. The maximum atomic E-state index is 12.8. The van der Waals surface area contributed by atoms with Crippen LogP contribution in [-0.4, -0.2) is 43.9 Å². The standard InChI is InChI=1S/C14H17F2N5O3/c1-20-11(24-14(15)16)7-9(18-20)13(22)21-6-4-2-3-5-10(21)12-17-8-23-19-12/h7-8,10,14H,2-6H2,1H3. The maximum absolute atomic E-state index is 12.8. The number of hydrogen-bond acceptors (Lipinski definition) is 6. The van der Waals surface area contributed by atoms with Crippen molar-refractivity contribution in [1.29, 1.82) is 0 Å². The van der Waals surface area contributed by atoms with Crippen LogP contribution in [0.3, 0.4) is 0 Å². The highest BCUT2D eigenvalue weighted by Crippen LogP contribution is 2.29. The molecule has 0 spiro atoms. The number of carbonyl (C=O) groups is 1. The molecule has 24 heavy (non-hydrogen) atoms. The summed E-state index contributed by atoms with van der Waals surface area (Å²) in [7, 11) is 1.44. The van der Waals surface area contributed by atoms with Gasteiger partial charge in [0, 0.05) is 19.7 Å². The van der Waals surface area contributed by atoms with Gasteiger partial charge in [0.25, 0.3) is 5.91 Å². The van der Waals surface area contributed by atoms with Gasteiger partial charge in [-0.15, -0.1) is 0 Å². The predicted molar refractivity (Wildman–Crippen MR) is 76.4 cm³/mol. The zero-order valence-electron chi connectivity index (χ0n) is 13.1. The molecular formula is C14H17F2N5O3. The Kier molecular flexibility index (Phi) is 4.72. The molecule has 3 heterocycles. The highest BCUT2D eigenvalue weighted by atomic mass is 19.3. The molecule has 1 aliphatic rings. The van der Waals surface area contributed by atoms with E-state index < -0.39 is 6.61 Å². The van der Waals surface area contributed by atoms with E-state index in [0.29, 0.717) is 18.8 Å². The largest absolute Gasteiger partial charge is 0.417 e. The topological polar surface area (TPSA) is 86.3 Å². The first-order valence-electron chi connectivity index (χ1n) is 7.62. The molecule has 3 rings (SSSR count). The Hall–Kier alpha value is -2.52. The number of halogens is 2. The van der Waals surface area contributed by atoms with E-state index in [-0.39, 0.29) is 23.5 Å². The van der Waals surface area contributed by atoms with E-state index in [2.05, 4.69) is 20.0 Å². The highest BCUT2D eigenvalue weighted by Gasteiger charge is 2.32. The van der Waals surface area contributed by atoms with E-state index in [4.69, 9.17) is 4.52 Å². The summed E-state index contributed by atoms with van der Waals surface area (Å²) in [6.45, 7) is -2.46. The average Bonchev–Trinajstić information content (AvgIpc) is 3.11. The lowest BCUT2D eigenvalue weighted by Crippen LogP contribution is -2.35. The van der Waals surface area contributed by atoms with E-state index in [0.717, 1.165) is 23.9 Å². The van der Waals surface area contributed by atoms with Gasteiger partial charge in [0.2, 0.25) is 12.3 Å². The maximum Gasteiger partial charge on any atom is 0.388 e. The molecule has 1 saturated heterocycles. The molecule has 1 fully saturated rings. The van der Waals surface area contributed by atoms with Crippen LogP contribution in [0.5, 0.6) is 5.88 Å². The molecule has 1 amide bonds. The quantitative estimate of drug-likeness (QED) is 0.847. The van der Waals surface area contributed by atoms with Crippen LogP contribution >= 0.6 is 0 Å². The molecule has 0 aliphatic carbocycles. The van der Waals surface area contributed by atoms with Gasteiger partial charge in [0.05, 0.1) is 6.04 Å². The van der Waals surface area contributed by atoms with E-state index in [9.17, 15) is 13.6 Å². The van der Waals surface area contributed by atoms with Gasteiger partial charge in [0.1, 0.15) is 0 Å². The first-order valence-corrected chi connectivity index (χ1v) is 7.62. The fourth-order valence-electron chi connectivity index (χ4n) is 2.85. The van der Waals surface area contributed by atoms with Crippen molar-refractivity contribution in [2.45, 2.75) is 38.3 Å². The molecule has 10 heteroatoms. The van der Waals surface area contributed by atoms with Crippen molar-refractivity contribution in [1.82, 2.24) is 24.8 Å². The Morgan fingerprint density at radius 3 is 2.96 bits per heavy atom. The van der Waals surface area contributed by atoms with Crippen molar-refractivity contribution in [3.8, 4) is 5.88 Å². The van der Waals surface area contributed by atoms with Gasteiger partial charge in [-0.2, -0.15) is 18.9 Å². The number of likely N-dealkylation sites (tertiary alicyclic amines) is 1. The van der Waals surface area contributed by atoms with Gasteiger partial charge >= 0.3 is 6.61 Å². The summed E-state index contributed by atoms with van der Waals surface area (Å²) in [5, 5.41) is 7.83. The third kappa shape index (κ3) is 3.36. The second kappa shape index (κ2) is 6.93. The summed E-state index contributed by atoms with van der Waals surface area (Å²) in [5.41, 5.74) is 0.0449. The Morgan fingerprint density at radius 2 is 2.25 bits per heavy atom. The monoisotopic (exact) mass is 341 g/mol. The van der Waals surface area contributed by atoms with E-state index in [1.165, 1.54) is 19.5 Å². The van der Waals surface area contributed by atoms with Crippen LogP contribution in [-0.2, 0) is 7.05 Å². The van der Waals surface area contributed by atoms with Crippen LogP contribution in [0.2, 0.25) is 0 Å². The Balaban J connectivity index is 1.86. The lowest BCUT2D eigenvalue weighted by atomic mass is 10.1.